The van der Waals surface area contributed by atoms with Crippen molar-refractivity contribution in [1.29, 1.82) is 0 Å². The Balaban J connectivity index is 1.28. The van der Waals surface area contributed by atoms with Gasteiger partial charge in [-0.2, -0.15) is 0 Å². The number of aromatic nitrogens is 3. The van der Waals surface area contributed by atoms with Crippen molar-refractivity contribution in [3.05, 3.63) is 126 Å². The summed E-state index contributed by atoms with van der Waals surface area (Å²) in [4.78, 5) is 24.3. The van der Waals surface area contributed by atoms with E-state index < -0.39 is 0 Å². The van der Waals surface area contributed by atoms with Gasteiger partial charge in [-0.05, 0) is 72.9 Å². The van der Waals surface area contributed by atoms with Gasteiger partial charge in [0.05, 0.1) is 17.8 Å². The van der Waals surface area contributed by atoms with Crippen LogP contribution in [0, 0.1) is 13.8 Å². The maximum absolute atomic E-state index is 13.2. The molecule has 3 aromatic heterocycles. The normalized spacial score (nSPS) is 16.6. The molecule has 1 amide bonds. The Morgan fingerprint density at radius 2 is 1.83 bits per heavy atom. The molecule has 1 fully saturated rings. The van der Waals surface area contributed by atoms with E-state index in [-0.39, 0.29) is 18.0 Å². The standard InChI is InChI=1S/C33H32N6OS/c1-22-19-27(23(2)39(22)21-24-9-8-16-34-20-24)32-31(29-13-5-6-17-35-29)37-33(41)38(32)18-15-30(40)36-28-14-7-11-25-10-3-4-12-26(25)28/h3-14,16-17,19-20,31-32H,15,18,21H2,1-2H3,(H,36,40)(H,37,41). The summed E-state index contributed by atoms with van der Waals surface area (Å²) in [7, 11) is 0. The second kappa shape index (κ2) is 11.5. The lowest BCUT2D eigenvalue weighted by molar-refractivity contribution is -0.116. The molecule has 1 aliphatic rings. The Morgan fingerprint density at radius 1 is 1.00 bits per heavy atom. The lowest BCUT2D eigenvalue weighted by atomic mass is 9.96. The van der Waals surface area contributed by atoms with Gasteiger partial charge < -0.3 is 20.1 Å². The van der Waals surface area contributed by atoms with Crippen LogP contribution in [-0.4, -0.2) is 37.0 Å². The number of amides is 1. The summed E-state index contributed by atoms with van der Waals surface area (Å²) in [5, 5.41) is 9.38. The number of nitrogens with zero attached hydrogens (tertiary/aromatic N) is 4. The molecule has 2 atom stereocenters. The minimum absolute atomic E-state index is 0.0498. The average Bonchev–Trinajstić information content (AvgIpc) is 3.47. The topological polar surface area (TPSA) is 75.1 Å². The number of nitrogens with one attached hydrogen (secondary N) is 2. The number of hydrogen-bond acceptors (Lipinski definition) is 4. The first-order valence-electron chi connectivity index (χ1n) is 13.8. The fraction of sp³-hybridized carbons (Fsp3) is 0.212. The highest BCUT2D eigenvalue weighted by Crippen LogP contribution is 2.41. The van der Waals surface area contributed by atoms with Crippen molar-refractivity contribution in [3.8, 4) is 0 Å². The molecule has 0 bridgehead atoms. The van der Waals surface area contributed by atoms with Gasteiger partial charge in [-0.1, -0.05) is 48.5 Å². The van der Waals surface area contributed by atoms with Crippen LogP contribution < -0.4 is 10.6 Å². The molecule has 206 valence electrons. The summed E-state index contributed by atoms with van der Waals surface area (Å²) >= 11 is 5.87. The number of fused-ring (bicyclic) bond motifs is 1. The van der Waals surface area contributed by atoms with Gasteiger partial charge in [-0.3, -0.25) is 14.8 Å². The number of pyridine rings is 2. The van der Waals surface area contributed by atoms with Gasteiger partial charge in [-0.25, -0.2) is 0 Å². The minimum Gasteiger partial charge on any atom is -0.352 e. The van der Waals surface area contributed by atoms with E-state index in [0.29, 0.717) is 18.1 Å². The second-order valence-corrected chi connectivity index (χ2v) is 10.8. The van der Waals surface area contributed by atoms with E-state index in [0.717, 1.165) is 45.6 Å². The third-order valence-corrected chi connectivity index (χ3v) is 8.19. The Labute approximate surface area is 245 Å². The van der Waals surface area contributed by atoms with Gasteiger partial charge in [0, 0.05) is 60.6 Å². The van der Waals surface area contributed by atoms with Crippen molar-refractivity contribution in [2.45, 2.75) is 38.9 Å². The van der Waals surface area contributed by atoms with E-state index in [9.17, 15) is 4.79 Å². The lowest BCUT2D eigenvalue weighted by Gasteiger charge is -2.28. The number of rotatable bonds is 8. The van der Waals surface area contributed by atoms with Crippen LogP contribution in [0.3, 0.4) is 0 Å². The smallest absolute Gasteiger partial charge is 0.226 e. The third kappa shape index (κ3) is 5.43. The molecule has 2 aromatic carbocycles. The van der Waals surface area contributed by atoms with E-state index >= 15 is 0 Å². The Hall–Kier alpha value is -4.56. The summed E-state index contributed by atoms with van der Waals surface area (Å²) in [6.45, 7) is 5.49. The molecule has 0 spiro atoms. The summed E-state index contributed by atoms with van der Waals surface area (Å²) < 4.78 is 2.31. The zero-order valence-corrected chi connectivity index (χ0v) is 23.9. The minimum atomic E-state index is -0.142. The van der Waals surface area contributed by atoms with Gasteiger partial charge in [0.25, 0.3) is 0 Å². The molecule has 1 saturated heterocycles. The van der Waals surface area contributed by atoms with Crippen molar-refractivity contribution in [2.75, 3.05) is 11.9 Å². The average molecular weight is 561 g/mol. The molecule has 2 unspecified atom stereocenters. The highest BCUT2D eigenvalue weighted by atomic mass is 32.1. The molecular weight excluding hydrogens is 528 g/mol. The molecule has 0 saturated carbocycles. The number of anilines is 1. The van der Waals surface area contributed by atoms with E-state index in [1.165, 1.54) is 5.56 Å². The Bertz CT molecular complexity index is 1700. The maximum Gasteiger partial charge on any atom is 0.226 e. The summed E-state index contributed by atoms with van der Waals surface area (Å²) in [6, 6.07) is 26.0. The molecule has 5 aromatic rings. The Kier molecular flexibility index (Phi) is 7.48. The molecule has 7 nitrogen and oxygen atoms in total. The molecule has 4 heterocycles. The van der Waals surface area contributed by atoms with Crippen LogP contribution in [0.2, 0.25) is 0 Å². The first kappa shape index (κ1) is 26.7. The first-order chi connectivity index (χ1) is 20.0. The summed E-state index contributed by atoms with van der Waals surface area (Å²) in [5.41, 5.74) is 6.37. The van der Waals surface area contributed by atoms with Crippen LogP contribution in [0.1, 0.15) is 46.7 Å². The zero-order valence-electron chi connectivity index (χ0n) is 23.1. The fourth-order valence-electron chi connectivity index (χ4n) is 5.80. The van der Waals surface area contributed by atoms with Gasteiger partial charge in [-0.15, -0.1) is 0 Å². The molecule has 2 N–H and O–H groups in total. The molecule has 41 heavy (non-hydrogen) atoms. The van der Waals surface area contributed by atoms with Gasteiger partial charge >= 0.3 is 0 Å². The highest BCUT2D eigenvalue weighted by molar-refractivity contribution is 7.80. The highest BCUT2D eigenvalue weighted by Gasteiger charge is 2.41. The van der Waals surface area contributed by atoms with Crippen molar-refractivity contribution < 1.29 is 4.79 Å². The third-order valence-electron chi connectivity index (χ3n) is 7.84. The predicted octanol–water partition coefficient (Wildman–Crippen LogP) is 6.10. The molecule has 6 rings (SSSR count). The number of aryl methyl sites for hydroxylation is 1. The molecular formula is C33H32N6OS. The van der Waals surface area contributed by atoms with Crippen LogP contribution in [-0.2, 0) is 11.3 Å². The molecule has 1 aliphatic heterocycles. The first-order valence-corrected chi connectivity index (χ1v) is 14.2. The van der Waals surface area contributed by atoms with Crippen LogP contribution in [0.25, 0.3) is 10.8 Å². The van der Waals surface area contributed by atoms with Gasteiger partial charge in [0.1, 0.15) is 0 Å². The quantitative estimate of drug-likeness (QED) is 0.224. The SMILES string of the molecule is Cc1cc(C2C(c3ccccn3)NC(=S)N2CCC(=O)Nc2cccc3ccccc23)c(C)n1Cc1cccnc1. The summed E-state index contributed by atoms with van der Waals surface area (Å²) in [6.07, 6.45) is 5.80. The molecule has 8 heteroatoms. The Morgan fingerprint density at radius 3 is 2.63 bits per heavy atom. The van der Waals surface area contributed by atoms with Gasteiger partial charge in [0.2, 0.25) is 5.91 Å². The molecule has 0 aliphatic carbocycles. The largest absolute Gasteiger partial charge is 0.352 e. The number of thiocarbonyl (C=S) groups is 1. The van der Waals surface area contributed by atoms with Crippen LogP contribution in [0.4, 0.5) is 5.69 Å². The van der Waals surface area contributed by atoms with E-state index in [4.69, 9.17) is 12.2 Å². The van der Waals surface area contributed by atoms with Crippen LogP contribution in [0.15, 0.2) is 97.5 Å². The number of benzene rings is 2. The van der Waals surface area contributed by atoms with Crippen molar-refractivity contribution in [1.82, 2.24) is 24.8 Å². The van der Waals surface area contributed by atoms with E-state index in [2.05, 4.69) is 56.0 Å². The second-order valence-electron chi connectivity index (χ2n) is 10.4. The molecule has 0 radical (unpaired) electrons. The predicted molar refractivity (Wildman–Crippen MR) is 167 cm³/mol. The van der Waals surface area contributed by atoms with Gasteiger partial charge in [0.15, 0.2) is 5.11 Å². The fourth-order valence-corrected chi connectivity index (χ4v) is 6.13. The monoisotopic (exact) mass is 560 g/mol. The van der Waals surface area contributed by atoms with Crippen molar-refractivity contribution >= 4 is 39.7 Å². The summed E-state index contributed by atoms with van der Waals surface area (Å²) in [5.74, 6) is -0.0498. The van der Waals surface area contributed by atoms with E-state index in [1.54, 1.807) is 6.20 Å². The lowest BCUT2D eigenvalue weighted by Crippen LogP contribution is -2.33. The maximum atomic E-state index is 13.2. The zero-order chi connectivity index (χ0) is 28.3. The van der Waals surface area contributed by atoms with Crippen molar-refractivity contribution in [2.24, 2.45) is 0 Å². The number of carbonyl (C=O) groups excluding carboxylic acids is 1. The number of carbonyl (C=O) groups is 1. The van der Waals surface area contributed by atoms with Crippen molar-refractivity contribution in [3.63, 3.8) is 0 Å². The van der Waals surface area contributed by atoms with E-state index in [1.807, 2.05) is 79.1 Å². The number of hydrogen-bond donors (Lipinski definition) is 2. The van der Waals surface area contributed by atoms with Crippen LogP contribution in [0.5, 0.6) is 0 Å². The van der Waals surface area contributed by atoms with Crippen LogP contribution >= 0.6 is 12.2 Å².